The third-order valence-electron chi connectivity index (χ3n) is 5.22. The molecule has 0 aromatic heterocycles. The minimum absolute atomic E-state index is 0.0773. The Bertz CT molecular complexity index is 567. The Balaban J connectivity index is 1.85. The van der Waals surface area contributed by atoms with Crippen LogP contribution in [0.2, 0.25) is 0 Å². The van der Waals surface area contributed by atoms with Crippen LogP contribution in [0.1, 0.15) is 37.8 Å². The maximum atomic E-state index is 11.6. The third-order valence-corrected chi connectivity index (χ3v) is 5.22. The van der Waals surface area contributed by atoms with Gasteiger partial charge in [-0.1, -0.05) is 67.6 Å². The van der Waals surface area contributed by atoms with Gasteiger partial charge in [0, 0.05) is 18.5 Å². The van der Waals surface area contributed by atoms with Gasteiger partial charge in [-0.3, -0.25) is 0 Å². The van der Waals surface area contributed by atoms with E-state index in [4.69, 9.17) is 0 Å². The summed E-state index contributed by atoms with van der Waals surface area (Å²) in [6.45, 7) is 5.19. The predicted molar refractivity (Wildman–Crippen MR) is 95.2 cm³/mol. The second-order valence-corrected chi connectivity index (χ2v) is 6.93. The van der Waals surface area contributed by atoms with Crippen molar-refractivity contribution in [2.24, 2.45) is 11.8 Å². The molecule has 0 heterocycles. The van der Waals surface area contributed by atoms with Crippen LogP contribution in [0.4, 0.5) is 0 Å². The number of hydrogen-bond acceptors (Lipinski definition) is 2. The number of aliphatic hydroxyl groups is 1. The zero-order valence-corrected chi connectivity index (χ0v) is 14.1. The van der Waals surface area contributed by atoms with Crippen molar-refractivity contribution in [3.8, 4) is 0 Å². The van der Waals surface area contributed by atoms with E-state index in [2.05, 4.69) is 19.2 Å². The molecule has 0 saturated heterocycles. The molecule has 0 spiro atoms. The van der Waals surface area contributed by atoms with Crippen LogP contribution in [0.15, 0.2) is 60.7 Å². The number of benzene rings is 2. The Labute approximate surface area is 139 Å². The van der Waals surface area contributed by atoms with Crippen LogP contribution in [0.3, 0.4) is 0 Å². The van der Waals surface area contributed by atoms with Gasteiger partial charge >= 0.3 is 0 Å². The number of hydrogen-bond donors (Lipinski definition) is 2. The van der Waals surface area contributed by atoms with Gasteiger partial charge in [-0.2, -0.15) is 0 Å². The van der Waals surface area contributed by atoms with E-state index in [1.807, 2.05) is 60.7 Å². The van der Waals surface area contributed by atoms with Gasteiger partial charge in [0.05, 0.1) is 0 Å². The zero-order chi connectivity index (χ0) is 16.3. The first-order valence-electron chi connectivity index (χ1n) is 8.69. The number of nitrogens with one attached hydrogen (secondary N) is 1. The molecule has 2 heteroatoms. The fourth-order valence-electron chi connectivity index (χ4n) is 3.39. The van der Waals surface area contributed by atoms with Crippen molar-refractivity contribution in [2.45, 2.75) is 38.3 Å². The highest BCUT2D eigenvalue weighted by Gasteiger charge is 2.38. The molecule has 122 valence electrons. The molecule has 1 aliphatic rings. The Kier molecular flexibility index (Phi) is 4.84. The molecule has 2 aromatic rings. The molecule has 0 aliphatic heterocycles. The molecule has 1 fully saturated rings. The summed E-state index contributed by atoms with van der Waals surface area (Å²) < 4.78 is 0. The van der Waals surface area contributed by atoms with Crippen molar-refractivity contribution in [3.63, 3.8) is 0 Å². The van der Waals surface area contributed by atoms with Gasteiger partial charge in [0.25, 0.3) is 0 Å². The second-order valence-electron chi connectivity index (χ2n) is 6.93. The SMILES string of the molecule is CC(NCC(C)C(O)(c1ccccc1)c1ccccc1)C1CC1. The van der Waals surface area contributed by atoms with Crippen LogP contribution in [0.5, 0.6) is 0 Å². The second kappa shape index (κ2) is 6.86. The fraction of sp³-hybridized carbons (Fsp3) is 0.429. The van der Waals surface area contributed by atoms with E-state index in [1.165, 1.54) is 12.8 Å². The third kappa shape index (κ3) is 3.49. The highest BCUT2D eigenvalue weighted by atomic mass is 16.3. The van der Waals surface area contributed by atoms with E-state index in [0.717, 1.165) is 23.6 Å². The van der Waals surface area contributed by atoms with Crippen molar-refractivity contribution in [3.05, 3.63) is 71.8 Å². The van der Waals surface area contributed by atoms with Crippen molar-refractivity contribution < 1.29 is 5.11 Å². The van der Waals surface area contributed by atoms with Gasteiger partial charge in [0.1, 0.15) is 5.60 Å². The highest BCUT2D eigenvalue weighted by molar-refractivity contribution is 5.36. The Hall–Kier alpha value is -1.64. The molecule has 2 unspecified atom stereocenters. The first-order chi connectivity index (χ1) is 11.1. The van der Waals surface area contributed by atoms with E-state index < -0.39 is 5.60 Å². The molecule has 0 bridgehead atoms. The van der Waals surface area contributed by atoms with Crippen LogP contribution in [-0.2, 0) is 5.60 Å². The highest BCUT2D eigenvalue weighted by Crippen LogP contribution is 2.37. The predicted octanol–water partition coefficient (Wildman–Crippen LogP) is 3.95. The lowest BCUT2D eigenvalue weighted by molar-refractivity contribution is 0.0229. The Morgan fingerprint density at radius 3 is 1.87 bits per heavy atom. The summed E-state index contributed by atoms with van der Waals surface area (Å²) in [7, 11) is 0. The molecule has 1 saturated carbocycles. The van der Waals surface area contributed by atoms with Crippen LogP contribution in [0, 0.1) is 11.8 Å². The lowest BCUT2D eigenvalue weighted by atomic mass is 9.77. The van der Waals surface area contributed by atoms with E-state index in [9.17, 15) is 5.11 Å². The van der Waals surface area contributed by atoms with Crippen molar-refractivity contribution in [1.29, 1.82) is 0 Å². The smallest absolute Gasteiger partial charge is 0.118 e. The van der Waals surface area contributed by atoms with Crippen molar-refractivity contribution in [2.75, 3.05) is 6.54 Å². The molecule has 2 aromatic carbocycles. The van der Waals surface area contributed by atoms with Gasteiger partial charge in [-0.25, -0.2) is 0 Å². The summed E-state index contributed by atoms with van der Waals surface area (Å²) in [5.74, 6) is 0.900. The van der Waals surface area contributed by atoms with Crippen LogP contribution >= 0.6 is 0 Å². The molecular weight excluding hydrogens is 282 g/mol. The van der Waals surface area contributed by atoms with Gasteiger partial charge in [-0.05, 0) is 36.8 Å². The first-order valence-corrected chi connectivity index (χ1v) is 8.69. The van der Waals surface area contributed by atoms with Crippen LogP contribution in [0.25, 0.3) is 0 Å². The Morgan fingerprint density at radius 1 is 0.957 bits per heavy atom. The van der Waals surface area contributed by atoms with E-state index in [-0.39, 0.29) is 5.92 Å². The summed E-state index contributed by atoms with van der Waals surface area (Å²) >= 11 is 0. The fourth-order valence-corrected chi connectivity index (χ4v) is 3.39. The molecular formula is C21H27NO. The quantitative estimate of drug-likeness (QED) is 0.812. The summed E-state index contributed by atoms with van der Waals surface area (Å²) in [6, 6.07) is 20.6. The van der Waals surface area contributed by atoms with Gasteiger partial charge in [0.2, 0.25) is 0 Å². The zero-order valence-electron chi connectivity index (χ0n) is 14.1. The molecule has 2 nitrogen and oxygen atoms in total. The minimum atomic E-state index is -0.973. The molecule has 0 radical (unpaired) electrons. The molecule has 0 amide bonds. The molecule has 1 aliphatic carbocycles. The largest absolute Gasteiger partial charge is 0.380 e. The van der Waals surface area contributed by atoms with Crippen molar-refractivity contribution >= 4 is 0 Å². The normalized spacial score (nSPS) is 17.7. The van der Waals surface area contributed by atoms with E-state index >= 15 is 0 Å². The average molecular weight is 309 g/mol. The summed E-state index contributed by atoms with van der Waals surface area (Å²) in [6.07, 6.45) is 2.67. The Morgan fingerprint density at radius 2 is 1.43 bits per heavy atom. The van der Waals surface area contributed by atoms with Crippen molar-refractivity contribution in [1.82, 2.24) is 5.32 Å². The first kappa shape index (κ1) is 16.2. The molecule has 2 N–H and O–H groups in total. The molecule has 2 atom stereocenters. The standard InChI is InChI=1S/C21H27NO/c1-16(15-22-17(2)18-13-14-18)21(23,19-9-5-3-6-10-19)20-11-7-4-8-12-20/h3-12,16-18,22-23H,13-15H2,1-2H3. The summed E-state index contributed by atoms with van der Waals surface area (Å²) in [4.78, 5) is 0. The summed E-state index contributed by atoms with van der Waals surface area (Å²) in [5.41, 5.74) is 0.942. The maximum Gasteiger partial charge on any atom is 0.118 e. The average Bonchev–Trinajstić information content (AvgIpc) is 3.45. The number of rotatable bonds is 7. The van der Waals surface area contributed by atoms with E-state index in [0.29, 0.717) is 6.04 Å². The monoisotopic (exact) mass is 309 g/mol. The minimum Gasteiger partial charge on any atom is -0.380 e. The maximum absolute atomic E-state index is 11.6. The molecule has 3 rings (SSSR count). The van der Waals surface area contributed by atoms with Crippen LogP contribution in [-0.4, -0.2) is 17.7 Å². The lowest BCUT2D eigenvalue weighted by Gasteiger charge is -2.36. The topological polar surface area (TPSA) is 32.3 Å². The lowest BCUT2D eigenvalue weighted by Crippen LogP contribution is -2.43. The van der Waals surface area contributed by atoms with Crippen LogP contribution < -0.4 is 5.32 Å². The van der Waals surface area contributed by atoms with Gasteiger partial charge < -0.3 is 10.4 Å². The van der Waals surface area contributed by atoms with Gasteiger partial charge in [-0.15, -0.1) is 0 Å². The summed E-state index contributed by atoms with van der Waals surface area (Å²) in [5, 5.41) is 15.3. The van der Waals surface area contributed by atoms with Gasteiger partial charge in [0.15, 0.2) is 0 Å². The van der Waals surface area contributed by atoms with E-state index in [1.54, 1.807) is 0 Å². The molecule has 23 heavy (non-hydrogen) atoms.